The van der Waals surface area contributed by atoms with Gasteiger partial charge in [-0.1, -0.05) is 30.3 Å². The Morgan fingerprint density at radius 1 is 1.23 bits per heavy atom. The number of hydrogen-bond acceptors (Lipinski definition) is 6. The van der Waals surface area contributed by atoms with E-state index in [9.17, 15) is 14.7 Å². The highest BCUT2D eigenvalue weighted by molar-refractivity contribution is 7.20. The van der Waals surface area contributed by atoms with E-state index in [-0.39, 0.29) is 24.6 Å². The van der Waals surface area contributed by atoms with Crippen molar-refractivity contribution < 1.29 is 9.90 Å². The molecule has 1 aliphatic heterocycles. The predicted molar refractivity (Wildman–Crippen MR) is 123 cm³/mol. The van der Waals surface area contributed by atoms with Crippen LogP contribution in [-0.4, -0.2) is 63.2 Å². The Bertz CT molecular complexity index is 1140. The molecule has 1 aromatic carbocycles. The third kappa shape index (κ3) is 4.28. The second-order valence-corrected chi connectivity index (χ2v) is 8.84. The summed E-state index contributed by atoms with van der Waals surface area (Å²) in [6.45, 7) is 7.48. The standard InChI is InChI=1S/C23H28N4O3S/c1-3-26(13-14-28)23(30)20-16(2)19-21(31-20)24-18-9-10-25(11-12-27(18)22(19)29)15-17-7-5-4-6-8-17/h4-8,28H,3,9-15H2,1-2H3. The lowest BCUT2D eigenvalue weighted by Gasteiger charge is -2.19. The first-order valence-corrected chi connectivity index (χ1v) is 11.5. The summed E-state index contributed by atoms with van der Waals surface area (Å²) >= 11 is 1.29. The molecule has 0 fully saturated rings. The van der Waals surface area contributed by atoms with Crippen LogP contribution in [-0.2, 0) is 19.5 Å². The minimum absolute atomic E-state index is 0.0560. The van der Waals surface area contributed by atoms with Crippen molar-refractivity contribution >= 4 is 27.5 Å². The summed E-state index contributed by atoms with van der Waals surface area (Å²) in [7, 11) is 0. The average Bonchev–Trinajstić information content (AvgIpc) is 2.97. The van der Waals surface area contributed by atoms with Gasteiger partial charge in [-0.15, -0.1) is 11.3 Å². The lowest BCUT2D eigenvalue weighted by Crippen LogP contribution is -2.33. The van der Waals surface area contributed by atoms with E-state index in [1.54, 1.807) is 9.47 Å². The van der Waals surface area contributed by atoms with E-state index in [1.165, 1.54) is 16.9 Å². The zero-order valence-corrected chi connectivity index (χ0v) is 18.8. The number of aryl methyl sites for hydroxylation is 1. The number of amides is 1. The second kappa shape index (κ2) is 9.30. The number of carbonyl (C=O) groups excluding carboxylic acids is 1. The van der Waals surface area contributed by atoms with Crippen molar-refractivity contribution in [2.24, 2.45) is 0 Å². The Balaban J connectivity index is 1.63. The number of aromatic nitrogens is 2. The van der Waals surface area contributed by atoms with Gasteiger partial charge in [0.2, 0.25) is 0 Å². The number of carbonyl (C=O) groups is 1. The third-order valence-electron chi connectivity index (χ3n) is 5.90. The van der Waals surface area contributed by atoms with Gasteiger partial charge in [0.1, 0.15) is 10.7 Å². The van der Waals surface area contributed by atoms with Crippen LogP contribution in [0, 0.1) is 6.92 Å². The number of rotatable bonds is 6. The van der Waals surface area contributed by atoms with Crippen LogP contribution < -0.4 is 5.56 Å². The van der Waals surface area contributed by atoms with Crippen LogP contribution in [0.1, 0.15) is 33.5 Å². The number of fused-ring (bicyclic) bond motifs is 2. The molecule has 0 saturated carbocycles. The number of hydrogen-bond donors (Lipinski definition) is 1. The molecule has 31 heavy (non-hydrogen) atoms. The Kier molecular flexibility index (Phi) is 6.50. The largest absolute Gasteiger partial charge is 0.395 e. The lowest BCUT2D eigenvalue weighted by atomic mass is 10.2. The molecule has 1 N–H and O–H groups in total. The summed E-state index contributed by atoms with van der Waals surface area (Å²) < 4.78 is 1.78. The van der Waals surface area contributed by atoms with Gasteiger partial charge >= 0.3 is 0 Å². The molecule has 4 rings (SSSR count). The number of thiophene rings is 1. The molecule has 0 atom stereocenters. The number of nitrogens with zero attached hydrogens (tertiary/aromatic N) is 4. The minimum atomic E-state index is -0.148. The van der Waals surface area contributed by atoms with E-state index in [0.717, 1.165) is 25.5 Å². The molecule has 0 radical (unpaired) electrons. The maximum Gasteiger partial charge on any atom is 0.264 e. The normalized spacial score (nSPS) is 14.4. The van der Waals surface area contributed by atoms with Crippen molar-refractivity contribution in [3.05, 3.63) is 62.5 Å². The maximum absolute atomic E-state index is 13.4. The zero-order valence-electron chi connectivity index (χ0n) is 18.0. The first-order valence-electron chi connectivity index (χ1n) is 10.7. The molecule has 1 amide bonds. The van der Waals surface area contributed by atoms with E-state index in [0.29, 0.717) is 40.2 Å². The monoisotopic (exact) mass is 440 g/mol. The van der Waals surface area contributed by atoms with Crippen molar-refractivity contribution in [1.82, 2.24) is 19.4 Å². The minimum Gasteiger partial charge on any atom is -0.395 e. The summed E-state index contributed by atoms with van der Waals surface area (Å²) in [5.41, 5.74) is 1.90. The van der Waals surface area contributed by atoms with Crippen molar-refractivity contribution in [3.63, 3.8) is 0 Å². The summed E-state index contributed by atoms with van der Waals surface area (Å²) in [6, 6.07) is 10.4. The molecule has 0 bridgehead atoms. The summed E-state index contributed by atoms with van der Waals surface area (Å²) in [6.07, 6.45) is 0.698. The molecule has 0 aliphatic carbocycles. The Morgan fingerprint density at radius 3 is 2.71 bits per heavy atom. The predicted octanol–water partition coefficient (Wildman–Crippen LogP) is 2.28. The highest BCUT2D eigenvalue weighted by Gasteiger charge is 2.25. The molecule has 3 aromatic rings. The lowest BCUT2D eigenvalue weighted by molar-refractivity contribution is 0.0736. The quantitative estimate of drug-likeness (QED) is 0.636. The maximum atomic E-state index is 13.4. The number of likely N-dealkylation sites (N-methyl/N-ethyl adjacent to an activating group) is 1. The molecule has 2 aromatic heterocycles. The van der Waals surface area contributed by atoms with Crippen molar-refractivity contribution in [2.75, 3.05) is 32.8 Å². The van der Waals surface area contributed by atoms with Crippen LogP contribution in [0.4, 0.5) is 0 Å². The summed E-state index contributed by atoms with van der Waals surface area (Å²) in [5.74, 6) is 0.640. The van der Waals surface area contributed by atoms with Crippen LogP contribution in [0.3, 0.4) is 0 Å². The fourth-order valence-electron chi connectivity index (χ4n) is 4.16. The van der Waals surface area contributed by atoms with Gasteiger partial charge in [0.05, 0.1) is 16.9 Å². The number of benzene rings is 1. The van der Waals surface area contributed by atoms with Crippen LogP contribution >= 0.6 is 11.3 Å². The van der Waals surface area contributed by atoms with Crippen LogP contribution in [0.2, 0.25) is 0 Å². The average molecular weight is 441 g/mol. The van der Waals surface area contributed by atoms with Gasteiger partial charge in [0, 0.05) is 45.7 Å². The van der Waals surface area contributed by atoms with E-state index in [4.69, 9.17) is 4.98 Å². The second-order valence-electron chi connectivity index (χ2n) is 7.84. The highest BCUT2D eigenvalue weighted by atomic mass is 32.1. The van der Waals surface area contributed by atoms with E-state index < -0.39 is 0 Å². The third-order valence-corrected chi connectivity index (χ3v) is 7.08. The summed E-state index contributed by atoms with van der Waals surface area (Å²) in [4.78, 5) is 36.2. The number of aliphatic hydroxyl groups is 1. The van der Waals surface area contributed by atoms with Gasteiger partial charge in [-0.2, -0.15) is 0 Å². The van der Waals surface area contributed by atoms with Gasteiger partial charge in [0.25, 0.3) is 11.5 Å². The van der Waals surface area contributed by atoms with Crippen molar-refractivity contribution in [1.29, 1.82) is 0 Å². The van der Waals surface area contributed by atoms with E-state index in [2.05, 4.69) is 17.0 Å². The summed E-state index contributed by atoms with van der Waals surface area (Å²) in [5, 5.41) is 9.79. The van der Waals surface area contributed by atoms with Gasteiger partial charge in [-0.05, 0) is 25.0 Å². The molecule has 0 spiro atoms. The topological polar surface area (TPSA) is 78.7 Å². The van der Waals surface area contributed by atoms with Crippen LogP contribution in [0.25, 0.3) is 10.2 Å². The Hall–Kier alpha value is -2.55. The molecule has 0 saturated heterocycles. The Morgan fingerprint density at radius 2 is 2.00 bits per heavy atom. The molecular formula is C23H28N4O3S. The molecule has 1 aliphatic rings. The first kappa shape index (κ1) is 21.7. The van der Waals surface area contributed by atoms with Gasteiger partial charge in [-0.25, -0.2) is 4.98 Å². The number of aliphatic hydroxyl groups excluding tert-OH is 1. The smallest absolute Gasteiger partial charge is 0.264 e. The first-order chi connectivity index (χ1) is 15.0. The zero-order chi connectivity index (χ0) is 22.0. The molecule has 164 valence electrons. The van der Waals surface area contributed by atoms with Gasteiger partial charge in [0.15, 0.2) is 0 Å². The van der Waals surface area contributed by atoms with Crippen molar-refractivity contribution in [2.45, 2.75) is 33.4 Å². The molecular weight excluding hydrogens is 412 g/mol. The highest BCUT2D eigenvalue weighted by Crippen LogP contribution is 2.29. The fourth-order valence-corrected chi connectivity index (χ4v) is 5.32. The van der Waals surface area contributed by atoms with E-state index >= 15 is 0 Å². The Labute approximate surface area is 185 Å². The van der Waals surface area contributed by atoms with Crippen LogP contribution in [0.15, 0.2) is 35.1 Å². The van der Waals surface area contributed by atoms with Crippen molar-refractivity contribution in [3.8, 4) is 0 Å². The van der Waals surface area contributed by atoms with Crippen LogP contribution in [0.5, 0.6) is 0 Å². The fraction of sp³-hybridized carbons (Fsp3) is 0.435. The molecule has 7 nitrogen and oxygen atoms in total. The van der Waals surface area contributed by atoms with E-state index in [1.807, 2.05) is 32.0 Å². The molecule has 8 heteroatoms. The molecule has 3 heterocycles. The van der Waals surface area contributed by atoms with Gasteiger partial charge in [-0.3, -0.25) is 19.1 Å². The van der Waals surface area contributed by atoms with Gasteiger partial charge < -0.3 is 10.0 Å². The molecule has 0 unspecified atom stereocenters. The SMILES string of the molecule is CCN(CCO)C(=O)c1sc2nc3n(c(=O)c2c1C)CCN(Cc1ccccc1)CC3.